The molecule has 5 heteroatoms. The molecule has 1 aromatic carbocycles. The fourth-order valence-corrected chi connectivity index (χ4v) is 1.77. The lowest BCUT2D eigenvalue weighted by Crippen LogP contribution is -2.19. The average Bonchev–Trinajstić information content (AvgIpc) is 2.73. The maximum atomic E-state index is 11.6. The van der Waals surface area contributed by atoms with Crippen molar-refractivity contribution in [2.24, 2.45) is 0 Å². The van der Waals surface area contributed by atoms with E-state index in [9.17, 15) is 4.79 Å². The number of aliphatic hydroxyl groups is 1. The number of carbonyl (C=O) groups is 1. The largest absolute Gasteiger partial charge is 0.459 e. The first kappa shape index (κ1) is 12.4. The summed E-state index contributed by atoms with van der Waals surface area (Å²) in [6.07, 6.45) is 0.355. The molecule has 0 radical (unpaired) electrons. The first-order chi connectivity index (χ1) is 8.15. The van der Waals surface area contributed by atoms with Gasteiger partial charge in [-0.15, -0.1) is 0 Å². The number of hydrogen-bond donors (Lipinski definition) is 1. The Bertz CT molecular complexity index is 390. The zero-order chi connectivity index (χ0) is 12.3. The molecule has 0 aliphatic carbocycles. The van der Waals surface area contributed by atoms with E-state index in [0.717, 1.165) is 0 Å². The number of halogens is 1. The highest BCUT2D eigenvalue weighted by Crippen LogP contribution is 2.18. The summed E-state index contributed by atoms with van der Waals surface area (Å²) >= 11 is 5.71. The van der Waals surface area contributed by atoms with Crippen LogP contribution >= 0.6 is 11.6 Å². The predicted octanol–water partition coefficient (Wildman–Crippen LogP) is 1.99. The summed E-state index contributed by atoms with van der Waals surface area (Å²) in [6, 6.07) is 6.48. The van der Waals surface area contributed by atoms with Gasteiger partial charge in [-0.05, 0) is 30.7 Å². The van der Waals surface area contributed by atoms with Crippen LogP contribution in [0.5, 0.6) is 0 Å². The molecule has 4 nitrogen and oxygen atoms in total. The van der Waals surface area contributed by atoms with Gasteiger partial charge in [-0.1, -0.05) is 11.6 Å². The van der Waals surface area contributed by atoms with Crippen LogP contribution in [-0.4, -0.2) is 30.1 Å². The van der Waals surface area contributed by atoms with E-state index in [0.29, 0.717) is 23.4 Å². The van der Waals surface area contributed by atoms with Gasteiger partial charge in [0.25, 0.3) is 0 Å². The Kier molecular flexibility index (Phi) is 3.99. The van der Waals surface area contributed by atoms with Gasteiger partial charge in [0.2, 0.25) is 0 Å². The van der Waals surface area contributed by atoms with Crippen LogP contribution in [0.25, 0.3) is 0 Å². The summed E-state index contributed by atoms with van der Waals surface area (Å²) in [6.45, 7) is 0.165. The van der Waals surface area contributed by atoms with Crippen molar-refractivity contribution in [1.29, 1.82) is 0 Å². The molecular formula is C12H13ClO4. The maximum Gasteiger partial charge on any atom is 0.338 e. The Morgan fingerprint density at radius 3 is 2.71 bits per heavy atom. The molecule has 17 heavy (non-hydrogen) atoms. The Hall–Kier alpha value is -1.10. The van der Waals surface area contributed by atoms with Crippen molar-refractivity contribution >= 4 is 17.6 Å². The molecule has 1 fully saturated rings. The van der Waals surface area contributed by atoms with Gasteiger partial charge in [-0.2, -0.15) is 0 Å². The Labute approximate surface area is 104 Å². The van der Waals surface area contributed by atoms with Gasteiger partial charge >= 0.3 is 5.97 Å². The molecule has 1 aromatic rings. The van der Waals surface area contributed by atoms with Crippen molar-refractivity contribution in [3.8, 4) is 0 Å². The number of ether oxygens (including phenoxy) is 2. The van der Waals surface area contributed by atoms with Crippen molar-refractivity contribution in [2.75, 3.05) is 6.61 Å². The molecule has 0 saturated carbocycles. The summed E-state index contributed by atoms with van der Waals surface area (Å²) < 4.78 is 10.2. The molecule has 0 unspecified atom stereocenters. The number of benzene rings is 1. The van der Waals surface area contributed by atoms with Crippen LogP contribution in [0.2, 0.25) is 5.02 Å². The highest BCUT2D eigenvalue weighted by molar-refractivity contribution is 6.30. The molecule has 1 saturated heterocycles. The van der Waals surface area contributed by atoms with Crippen molar-refractivity contribution in [2.45, 2.75) is 25.2 Å². The summed E-state index contributed by atoms with van der Waals surface area (Å²) in [5.74, 6) is -0.411. The zero-order valence-electron chi connectivity index (χ0n) is 9.14. The van der Waals surface area contributed by atoms with Gasteiger partial charge in [0, 0.05) is 11.4 Å². The third kappa shape index (κ3) is 3.43. The standard InChI is InChI=1S/C12H13ClO4/c13-9-3-1-8(2-4-9)12(15)16-7-10-5-6-11(14)17-10/h1-4,10-11,14H,5-7H2/t10-,11-/m0/s1. The second-order valence-electron chi connectivity index (χ2n) is 3.90. The van der Waals surface area contributed by atoms with Crippen LogP contribution in [0.1, 0.15) is 23.2 Å². The van der Waals surface area contributed by atoms with E-state index in [1.165, 1.54) is 0 Å². The summed E-state index contributed by atoms with van der Waals surface area (Å²) in [7, 11) is 0. The summed E-state index contributed by atoms with van der Waals surface area (Å²) in [5, 5.41) is 9.71. The minimum Gasteiger partial charge on any atom is -0.459 e. The van der Waals surface area contributed by atoms with E-state index in [1.807, 2.05) is 0 Å². The lowest BCUT2D eigenvalue weighted by Gasteiger charge is -2.11. The molecule has 1 aliphatic heterocycles. The third-order valence-corrected chi connectivity index (χ3v) is 2.82. The second kappa shape index (κ2) is 5.49. The number of esters is 1. The molecule has 2 atom stereocenters. The van der Waals surface area contributed by atoms with Crippen molar-refractivity contribution in [3.05, 3.63) is 34.9 Å². The molecule has 0 amide bonds. The maximum absolute atomic E-state index is 11.6. The van der Waals surface area contributed by atoms with E-state index in [4.69, 9.17) is 26.2 Å². The summed E-state index contributed by atoms with van der Waals surface area (Å²) in [4.78, 5) is 11.6. The minimum atomic E-state index is -0.728. The van der Waals surface area contributed by atoms with Gasteiger partial charge < -0.3 is 14.6 Å². The normalized spacial score (nSPS) is 23.6. The van der Waals surface area contributed by atoms with Gasteiger partial charge in [0.1, 0.15) is 6.61 Å². The Morgan fingerprint density at radius 1 is 1.41 bits per heavy atom. The van der Waals surface area contributed by atoms with Gasteiger partial charge in [0.15, 0.2) is 6.29 Å². The molecule has 1 N–H and O–H groups in total. The summed E-state index contributed by atoms with van der Waals surface area (Å²) in [5.41, 5.74) is 0.452. The topological polar surface area (TPSA) is 55.8 Å². The van der Waals surface area contributed by atoms with Crippen LogP contribution in [0.15, 0.2) is 24.3 Å². The van der Waals surface area contributed by atoms with Crippen molar-refractivity contribution in [3.63, 3.8) is 0 Å². The first-order valence-electron chi connectivity index (χ1n) is 5.41. The molecule has 1 aliphatic rings. The molecule has 92 valence electrons. The number of hydrogen-bond acceptors (Lipinski definition) is 4. The molecule has 0 bridgehead atoms. The highest BCUT2D eigenvalue weighted by atomic mass is 35.5. The van der Waals surface area contributed by atoms with Crippen molar-refractivity contribution < 1.29 is 19.4 Å². The Morgan fingerprint density at radius 2 is 2.12 bits per heavy atom. The van der Waals surface area contributed by atoms with E-state index in [-0.39, 0.29) is 12.7 Å². The van der Waals surface area contributed by atoms with Crippen LogP contribution in [0.4, 0.5) is 0 Å². The number of rotatable bonds is 3. The lowest BCUT2D eigenvalue weighted by molar-refractivity contribution is -0.103. The highest BCUT2D eigenvalue weighted by Gasteiger charge is 2.24. The number of aliphatic hydroxyl groups excluding tert-OH is 1. The SMILES string of the molecule is O=C(OC[C@@H]1CC[C@@H](O)O1)c1ccc(Cl)cc1. The second-order valence-corrected chi connectivity index (χ2v) is 4.33. The van der Waals surface area contributed by atoms with Crippen LogP contribution < -0.4 is 0 Å². The smallest absolute Gasteiger partial charge is 0.338 e. The van der Waals surface area contributed by atoms with Gasteiger partial charge in [0.05, 0.1) is 11.7 Å². The van der Waals surface area contributed by atoms with Gasteiger partial charge in [-0.25, -0.2) is 4.79 Å². The average molecular weight is 257 g/mol. The zero-order valence-corrected chi connectivity index (χ0v) is 9.89. The molecule has 0 spiro atoms. The number of carbonyl (C=O) groups excluding carboxylic acids is 1. The Balaban J connectivity index is 1.83. The molecule has 0 aromatic heterocycles. The molecule has 1 heterocycles. The van der Waals surface area contributed by atoms with E-state index in [1.54, 1.807) is 24.3 Å². The predicted molar refractivity (Wildman–Crippen MR) is 61.8 cm³/mol. The first-order valence-corrected chi connectivity index (χ1v) is 5.79. The fraction of sp³-hybridized carbons (Fsp3) is 0.417. The third-order valence-electron chi connectivity index (χ3n) is 2.57. The molecule has 2 rings (SSSR count). The lowest BCUT2D eigenvalue weighted by atomic mass is 10.2. The molecular weight excluding hydrogens is 244 g/mol. The van der Waals surface area contributed by atoms with Crippen molar-refractivity contribution in [1.82, 2.24) is 0 Å². The quantitative estimate of drug-likeness (QED) is 0.841. The van der Waals surface area contributed by atoms with Gasteiger partial charge in [-0.3, -0.25) is 0 Å². The fourth-order valence-electron chi connectivity index (χ4n) is 1.65. The van der Waals surface area contributed by atoms with Crippen LogP contribution in [0.3, 0.4) is 0 Å². The van der Waals surface area contributed by atoms with E-state index < -0.39 is 12.3 Å². The van der Waals surface area contributed by atoms with E-state index >= 15 is 0 Å². The van der Waals surface area contributed by atoms with Crippen LogP contribution in [-0.2, 0) is 9.47 Å². The van der Waals surface area contributed by atoms with Crippen LogP contribution in [0, 0.1) is 0 Å². The van der Waals surface area contributed by atoms with E-state index in [2.05, 4.69) is 0 Å². The minimum absolute atomic E-state index is 0.165. The monoisotopic (exact) mass is 256 g/mol.